The second kappa shape index (κ2) is 6.10. The molecule has 0 fully saturated rings. The number of hydrogen-bond acceptors (Lipinski definition) is 3. The molecule has 7 heteroatoms. The third-order valence-electron chi connectivity index (χ3n) is 3.45. The van der Waals surface area contributed by atoms with Crippen molar-refractivity contribution in [2.24, 2.45) is 0 Å². The number of aromatic nitrogens is 1. The molecular formula is C16H12ClN3O3. The van der Waals surface area contributed by atoms with Crippen LogP contribution < -0.4 is 5.32 Å². The van der Waals surface area contributed by atoms with Crippen LogP contribution in [0.3, 0.4) is 0 Å². The van der Waals surface area contributed by atoms with E-state index in [-0.39, 0.29) is 23.0 Å². The number of carbonyl (C=O) groups excluding carboxylic acids is 1. The molecule has 3 aromatic rings. The number of rotatable bonds is 4. The van der Waals surface area contributed by atoms with E-state index in [4.69, 9.17) is 11.6 Å². The monoisotopic (exact) mass is 329 g/mol. The molecule has 1 aromatic heterocycles. The predicted molar refractivity (Wildman–Crippen MR) is 88.7 cm³/mol. The number of H-pyrrole nitrogens is 1. The number of nitro benzene ring substituents is 1. The fourth-order valence-electron chi connectivity index (χ4n) is 2.39. The van der Waals surface area contributed by atoms with Gasteiger partial charge in [0.15, 0.2) is 0 Å². The predicted octanol–water partition coefficient (Wildman–Crippen LogP) is 3.91. The summed E-state index contributed by atoms with van der Waals surface area (Å²) >= 11 is 5.75. The molecule has 6 nitrogen and oxygen atoms in total. The fraction of sp³-hybridized carbons (Fsp3) is 0.0625. The lowest BCUT2D eigenvalue weighted by Gasteiger charge is -2.05. The van der Waals surface area contributed by atoms with Crippen LogP contribution >= 0.6 is 11.6 Å². The maximum atomic E-state index is 12.2. The third-order valence-corrected chi connectivity index (χ3v) is 3.77. The second-order valence-corrected chi connectivity index (χ2v) is 5.41. The lowest BCUT2D eigenvalue weighted by molar-refractivity contribution is -0.384. The van der Waals surface area contributed by atoms with Crippen LogP contribution in [-0.2, 0) is 11.2 Å². The molecule has 116 valence electrons. The van der Waals surface area contributed by atoms with Crippen molar-refractivity contribution in [1.29, 1.82) is 0 Å². The molecule has 0 saturated carbocycles. The summed E-state index contributed by atoms with van der Waals surface area (Å²) in [6.45, 7) is 0. The number of benzene rings is 2. The van der Waals surface area contributed by atoms with Crippen LogP contribution in [0, 0.1) is 10.1 Å². The quantitative estimate of drug-likeness (QED) is 0.562. The van der Waals surface area contributed by atoms with Gasteiger partial charge in [-0.3, -0.25) is 14.9 Å². The molecule has 0 unspecified atom stereocenters. The average molecular weight is 330 g/mol. The Labute approximate surface area is 136 Å². The molecule has 1 amide bonds. The maximum absolute atomic E-state index is 12.2. The first kappa shape index (κ1) is 15.1. The van der Waals surface area contributed by atoms with Gasteiger partial charge in [0.2, 0.25) is 5.91 Å². The second-order valence-electron chi connectivity index (χ2n) is 5.01. The summed E-state index contributed by atoms with van der Waals surface area (Å²) in [7, 11) is 0. The first-order chi connectivity index (χ1) is 11.0. The molecule has 0 aliphatic rings. The van der Waals surface area contributed by atoms with E-state index in [0.29, 0.717) is 5.69 Å². The fourth-order valence-corrected chi connectivity index (χ4v) is 2.57. The lowest BCUT2D eigenvalue weighted by atomic mass is 10.1. The average Bonchev–Trinajstić information content (AvgIpc) is 2.92. The number of hydrogen-bond donors (Lipinski definition) is 2. The summed E-state index contributed by atoms with van der Waals surface area (Å²) in [5, 5.41) is 14.5. The van der Waals surface area contributed by atoms with Gasteiger partial charge in [-0.25, -0.2) is 0 Å². The molecule has 0 saturated heterocycles. The summed E-state index contributed by atoms with van der Waals surface area (Å²) in [5.74, 6) is -0.258. The zero-order valence-electron chi connectivity index (χ0n) is 11.9. The highest BCUT2D eigenvalue weighted by atomic mass is 35.5. The molecule has 2 aromatic carbocycles. The van der Waals surface area contributed by atoms with Crippen LogP contribution in [0.5, 0.6) is 0 Å². The molecule has 0 radical (unpaired) electrons. The maximum Gasteiger partial charge on any atom is 0.289 e. The van der Waals surface area contributed by atoms with Gasteiger partial charge in [0.1, 0.15) is 5.02 Å². The highest BCUT2D eigenvalue weighted by Crippen LogP contribution is 2.27. The highest BCUT2D eigenvalue weighted by Gasteiger charge is 2.14. The minimum atomic E-state index is -0.586. The molecular weight excluding hydrogens is 318 g/mol. The zero-order chi connectivity index (χ0) is 16.4. The normalized spacial score (nSPS) is 10.7. The Morgan fingerprint density at radius 3 is 2.83 bits per heavy atom. The minimum absolute atomic E-state index is 0.0321. The Balaban J connectivity index is 1.77. The standard InChI is InChI=1S/C16H12ClN3O3/c17-13-6-5-11(8-15(13)20(22)23)19-16(21)7-10-9-18-14-4-2-1-3-12(10)14/h1-6,8-9,18H,7H2,(H,19,21). The zero-order valence-corrected chi connectivity index (χ0v) is 12.6. The van der Waals surface area contributed by atoms with Crippen molar-refractivity contribution in [2.75, 3.05) is 5.32 Å². The Kier molecular flexibility index (Phi) is 3.99. The molecule has 0 aliphatic carbocycles. The molecule has 0 atom stereocenters. The van der Waals surface area contributed by atoms with Gasteiger partial charge < -0.3 is 10.3 Å². The van der Waals surface area contributed by atoms with Crippen LogP contribution in [0.4, 0.5) is 11.4 Å². The van der Waals surface area contributed by atoms with Gasteiger partial charge in [0.25, 0.3) is 5.69 Å². The van der Waals surface area contributed by atoms with Crippen LogP contribution in [0.2, 0.25) is 5.02 Å². The third kappa shape index (κ3) is 3.17. The molecule has 3 rings (SSSR count). The van der Waals surface area contributed by atoms with E-state index in [1.807, 2.05) is 24.3 Å². The first-order valence-corrected chi connectivity index (χ1v) is 7.21. The van der Waals surface area contributed by atoms with E-state index in [0.717, 1.165) is 16.5 Å². The van der Waals surface area contributed by atoms with Crippen molar-refractivity contribution in [3.8, 4) is 0 Å². The molecule has 2 N–H and O–H groups in total. The van der Waals surface area contributed by atoms with E-state index in [2.05, 4.69) is 10.3 Å². The molecule has 0 aliphatic heterocycles. The van der Waals surface area contributed by atoms with Gasteiger partial charge in [-0.2, -0.15) is 0 Å². The van der Waals surface area contributed by atoms with Crippen LogP contribution in [0.15, 0.2) is 48.7 Å². The number of aromatic amines is 1. The Morgan fingerprint density at radius 1 is 1.26 bits per heavy atom. The SMILES string of the molecule is O=C(Cc1c[nH]c2ccccc12)Nc1ccc(Cl)c([N+](=O)[O-])c1. The number of amides is 1. The van der Waals surface area contributed by atoms with Crippen molar-refractivity contribution in [3.63, 3.8) is 0 Å². The minimum Gasteiger partial charge on any atom is -0.361 e. The van der Waals surface area contributed by atoms with Gasteiger partial charge in [-0.1, -0.05) is 29.8 Å². The molecule has 0 spiro atoms. The summed E-state index contributed by atoms with van der Waals surface area (Å²) in [6, 6.07) is 11.8. The summed E-state index contributed by atoms with van der Waals surface area (Å²) < 4.78 is 0. The summed E-state index contributed by atoms with van der Waals surface area (Å²) in [4.78, 5) is 25.5. The molecule has 1 heterocycles. The first-order valence-electron chi connectivity index (χ1n) is 6.83. The van der Waals surface area contributed by atoms with E-state index < -0.39 is 4.92 Å². The Bertz CT molecular complexity index is 904. The number of carbonyl (C=O) groups is 1. The number of fused-ring (bicyclic) bond motifs is 1. The van der Waals surface area contributed by atoms with Crippen LogP contribution in [-0.4, -0.2) is 15.8 Å². The van der Waals surface area contributed by atoms with Crippen molar-refractivity contribution < 1.29 is 9.72 Å². The number of anilines is 1. The van der Waals surface area contributed by atoms with Crippen LogP contribution in [0.1, 0.15) is 5.56 Å². The highest BCUT2D eigenvalue weighted by molar-refractivity contribution is 6.32. The number of para-hydroxylation sites is 1. The van der Waals surface area contributed by atoms with Crippen molar-refractivity contribution in [3.05, 3.63) is 69.4 Å². The van der Waals surface area contributed by atoms with Gasteiger partial charge >= 0.3 is 0 Å². The summed E-state index contributed by atoms with van der Waals surface area (Å²) in [6.07, 6.45) is 1.95. The van der Waals surface area contributed by atoms with E-state index in [1.165, 1.54) is 18.2 Å². The lowest BCUT2D eigenvalue weighted by Crippen LogP contribution is -2.14. The number of nitrogens with zero attached hydrogens (tertiary/aromatic N) is 1. The Morgan fingerprint density at radius 2 is 2.04 bits per heavy atom. The van der Waals surface area contributed by atoms with Gasteiger partial charge in [-0.05, 0) is 23.8 Å². The smallest absolute Gasteiger partial charge is 0.289 e. The molecule has 0 bridgehead atoms. The Hall–Kier alpha value is -2.86. The number of halogens is 1. The van der Waals surface area contributed by atoms with E-state index >= 15 is 0 Å². The number of nitro groups is 1. The van der Waals surface area contributed by atoms with E-state index in [1.54, 1.807) is 6.20 Å². The van der Waals surface area contributed by atoms with Crippen molar-refractivity contribution in [1.82, 2.24) is 4.98 Å². The topological polar surface area (TPSA) is 88.0 Å². The largest absolute Gasteiger partial charge is 0.361 e. The molecule has 23 heavy (non-hydrogen) atoms. The van der Waals surface area contributed by atoms with Gasteiger partial charge in [0.05, 0.1) is 11.3 Å². The number of nitrogens with one attached hydrogen (secondary N) is 2. The van der Waals surface area contributed by atoms with Gasteiger partial charge in [0, 0.05) is 28.9 Å². The van der Waals surface area contributed by atoms with E-state index in [9.17, 15) is 14.9 Å². The van der Waals surface area contributed by atoms with Gasteiger partial charge in [-0.15, -0.1) is 0 Å². The summed E-state index contributed by atoms with van der Waals surface area (Å²) in [5.41, 5.74) is 1.92. The van der Waals surface area contributed by atoms with Crippen LogP contribution in [0.25, 0.3) is 10.9 Å². The van der Waals surface area contributed by atoms with Crippen molar-refractivity contribution in [2.45, 2.75) is 6.42 Å². The van der Waals surface area contributed by atoms with Crippen molar-refractivity contribution >= 4 is 39.8 Å².